The Hall–Kier alpha value is -4.35. The van der Waals surface area contributed by atoms with E-state index in [2.05, 4.69) is 34.9 Å². The Morgan fingerprint density at radius 2 is 0.976 bits per heavy atom. The number of nitrogens with one attached hydrogen (secondary N) is 2. The van der Waals surface area contributed by atoms with Crippen LogP contribution in [0.15, 0.2) is 130 Å². The van der Waals surface area contributed by atoms with E-state index in [0.717, 1.165) is 22.3 Å². The molecule has 2 fully saturated rings. The Labute approximate surface area is 254 Å². The van der Waals surface area contributed by atoms with Gasteiger partial charge in [0.2, 0.25) is 0 Å². The van der Waals surface area contributed by atoms with Gasteiger partial charge in [-0.15, -0.1) is 0 Å². The van der Waals surface area contributed by atoms with Gasteiger partial charge in [0.05, 0.1) is 23.2 Å². The van der Waals surface area contributed by atoms with Crippen LogP contribution >= 0.6 is 0 Å². The minimum atomic E-state index is 0.0341. The summed E-state index contributed by atoms with van der Waals surface area (Å²) in [6, 6.07) is 20.4. The molecule has 2 heterocycles. The first-order chi connectivity index (χ1) is 20.3. The van der Waals surface area contributed by atoms with Crippen LogP contribution in [0.2, 0.25) is 0 Å². The van der Waals surface area contributed by atoms with Crippen LogP contribution in [-0.2, 0) is 34.7 Å². The van der Waals surface area contributed by atoms with Gasteiger partial charge >= 0.3 is 19.8 Å². The number of rotatable bonds is 2. The topological polar surface area (TPSA) is 100 Å². The summed E-state index contributed by atoms with van der Waals surface area (Å²) in [5.74, 6) is 1.25. The fraction of sp³-hybridized carbons (Fsp3) is 0.235. The van der Waals surface area contributed by atoms with E-state index in [1.807, 2.05) is 104 Å². The van der Waals surface area contributed by atoms with Gasteiger partial charge in [0.1, 0.15) is 13.2 Å². The number of hydrogen-bond donors (Lipinski definition) is 2. The summed E-state index contributed by atoms with van der Waals surface area (Å²) < 4.78 is 18.2. The molecule has 0 unspecified atom stereocenters. The Kier molecular flexibility index (Phi) is 10.2. The van der Waals surface area contributed by atoms with Crippen LogP contribution in [0, 0.1) is 4.20 Å². The average molecular weight is 604 g/mol. The third kappa shape index (κ3) is 7.10. The van der Waals surface area contributed by atoms with Gasteiger partial charge in [-0.2, -0.15) is 0 Å². The molecular weight excluding hydrogens is 569 g/mol. The molecule has 0 aromatic heterocycles. The number of ether oxygens (including phenoxy) is 2. The van der Waals surface area contributed by atoms with Gasteiger partial charge in [-0.1, -0.05) is 72.8 Å². The van der Waals surface area contributed by atoms with E-state index >= 15 is 0 Å². The van der Waals surface area contributed by atoms with E-state index in [1.54, 1.807) is 0 Å². The summed E-state index contributed by atoms with van der Waals surface area (Å²) in [5.41, 5.74) is 7.22. The second kappa shape index (κ2) is 14.0. The summed E-state index contributed by atoms with van der Waals surface area (Å²) in [6.45, 7) is 8.74. The molecule has 0 saturated carbocycles. The third-order valence-corrected chi connectivity index (χ3v) is 7.13. The van der Waals surface area contributed by atoms with Crippen LogP contribution in [0.3, 0.4) is 0 Å². The van der Waals surface area contributed by atoms with Crippen molar-refractivity contribution in [2.24, 2.45) is 0 Å². The number of ketones is 2. The standard InChI is InChI=1S/2C17H17NO2.Mn.N/c2*1-11-8-12(2)16(19)14(9-11)17-18-15(10-20-17)13-6-4-3-5-7-13;;/h2*3-9,15,18H,10H2,1-2H3;;/b17-14+;17-14-;;/t2*15-;;/m11../s1. The molecule has 7 nitrogen and oxygen atoms in total. The Morgan fingerprint density at radius 3 is 1.33 bits per heavy atom. The second-order valence-corrected chi connectivity index (χ2v) is 10.4. The molecule has 2 saturated heterocycles. The van der Waals surface area contributed by atoms with Crippen molar-refractivity contribution in [2.45, 2.75) is 39.8 Å². The van der Waals surface area contributed by atoms with Crippen molar-refractivity contribution in [3.8, 4) is 0 Å². The van der Waals surface area contributed by atoms with Crippen LogP contribution in [0.1, 0.15) is 50.9 Å². The summed E-state index contributed by atoms with van der Waals surface area (Å²) in [4.78, 5) is 24.4. The van der Waals surface area contributed by atoms with Gasteiger partial charge < -0.3 is 20.1 Å². The van der Waals surface area contributed by atoms with Crippen LogP contribution in [0.4, 0.5) is 0 Å². The Balaban J connectivity index is 0.000000182. The Bertz CT molecular complexity index is 1450. The predicted molar refractivity (Wildman–Crippen MR) is 157 cm³/mol. The number of carbonyl (C=O) groups excluding carboxylic acids is 2. The molecular formula is C34H34MnN3O4. The number of allylic oxidation sites excluding steroid dienone is 10. The molecule has 2 atom stereocenters. The van der Waals surface area contributed by atoms with E-state index in [-0.39, 0.29) is 23.7 Å². The molecule has 2 aliphatic carbocycles. The van der Waals surface area contributed by atoms with Gasteiger partial charge in [-0.05, 0) is 73.3 Å². The van der Waals surface area contributed by atoms with Crippen molar-refractivity contribution < 1.29 is 34.7 Å². The fourth-order valence-electron chi connectivity index (χ4n) is 5.10. The van der Waals surface area contributed by atoms with E-state index < -0.39 is 0 Å². The molecule has 0 spiro atoms. The fourth-order valence-corrected chi connectivity index (χ4v) is 5.10. The van der Waals surface area contributed by atoms with Crippen molar-refractivity contribution in [3.05, 3.63) is 141 Å². The van der Waals surface area contributed by atoms with E-state index in [0.29, 0.717) is 36.1 Å². The van der Waals surface area contributed by atoms with Crippen LogP contribution < -0.4 is 10.6 Å². The Morgan fingerprint density at radius 1 is 0.619 bits per heavy atom. The van der Waals surface area contributed by atoms with Gasteiger partial charge in [0.15, 0.2) is 23.3 Å². The zero-order valence-electron chi connectivity index (χ0n) is 24.1. The van der Waals surface area contributed by atoms with Gasteiger partial charge in [-0.25, -0.2) is 0 Å². The SMILES string of the molecule is CC1=C/C(=C2/N[C@@H](c3ccccc3)CO2)C(=O)C(C)=C1.CC1=C/C(=C2\N[C@@H](c3ccccc3)CO2)C(=O)C(C)=C1.[N]#[Mn]. The normalized spacial score (nSPS) is 24.5. The van der Waals surface area contributed by atoms with Crippen LogP contribution in [0.25, 0.3) is 0 Å². The van der Waals surface area contributed by atoms with Crippen molar-refractivity contribution >= 4 is 11.6 Å². The summed E-state index contributed by atoms with van der Waals surface area (Å²) in [7, 11) is 0. The maximum atomic E-state index is 12.2. The van der Waals surface area contributed by atoms with Crippen molar-refractivity contribution in [1.29, 1.82) is 4.20 Å². The summed E-state index contributed by atoms with van der Waals surface area (Å²) in [5, 5.41) is 6.63. The zero-order valence-corrected chi connectivity index (χ0v) is 25.3. The van der Waals surface area contributed by atoms with Crippen molar-refractivity contribution in [2.75, 3.05) is 13.2 Å². The molecule has 2 N–H and O–H groups in total. The predicted octanol–water partition coefficient (Wildman–Crippen LogP) is 6.08. The molecule has 4 aliphatic rings. The van der Waals surface area contributed by atoms with Crippen molar-refractivity contribution in [3.63, 3.8) is 0 Å². The molecule has 216 valence electrons. The summed E-state index contributed by atoms with van der Waals surface area (Å²) >= 11 is 1.94. The van der Waals surface area contributed by atoms with Gasteiger partial charge in [-0.3, -0.25) is 9.59 Å². The molecule has 6 rings (SSSR count). The average Bonchev–Trinajstić information content (AvgIpc) is 3.70. The molecule has 2 aliphatic heterocycles. The van der Waals surface area contributed by atoms with Crippen LogP contribution in [-0.4, -0.2) is 24.8 Å². The van der Waals surface area contributed by atoms with Gasteiger partial charge in [0, 0.05) is 0 Å². The number of carbonyl (C=O) groups is 2. The quantitative estimate of drug-likeness (QED) is 0.317. The first-order valence-electron chi connectivity index (χ1n) is 13.7. The second-order valence-electron chi connectivity index (χ2n) is 10.4. The molecule has 2 aromatic carbocycles. The van der Waals surface area contributed by atoms with E-state index in [9.17, 15) is 9.59 Å². The third-order valence-electron chi connectivity index (χ3n) is 7.13. The van der Waals surface area contributed by atoms with E-state index in [1.165, 1.54) is 11.1 Å². The maximum absolute atomic E-state index is 12.2. The molecule has 0 amide bonds. The van der Waals surface area contributed by atoms with E-state index in [4.69, 9.17) is 13.7 Å². The molecule has 8 heteroatoms. The zero-order chi connectivity index (χ0) is 30.2. The minimum absolute atomic E-state index is 0.0341. The number of nitrogens with zero attached hydrogens (tertiary/aromatic N) is 1. The molecule has 2 aromatic rings. The number of Topliss-reactive ketones (excluding diaryl/α,β-unsaturated/α-hetero) is 2. The van der Waals surface area contributed by atoms with Crippen molar-refractivity contribution in [1.82, 2.24) is 10.6 Å². The number of benzene rings is 2. The molecule has 42 heavy (non-hydrogen) atoms. The molecule has 0 bridgehead atoms. The number of hydrogen-bond acceptors (Lipinski definition) is 7. The first-order valence-corrected chi connectivity index (χ1v) is 14.2. The van der Waals surface area contributed by atoms with Crippen LogP contribution in [0.5, 0.6) is 0 Å². The van der Waals surface area contributed by atoms with Gasteiger partial charge in [0.25, 0.3) is 0 Å². The summed E-state index contributed by atoms with van der Waals surface area (Å²) in [6.07, 6.45) is 7.56. The molecule has 0 radical (unpaired) electrons. The first kappa shape index (κ1) is 30.6. The monoisotopic (exact) mass is 603 g/mol.